The third-order valence-corrected chi connectivity index (χ3v) is 2.39. The van der Waals surface area contributed by atoms with E-state index in [1.807, 2.05) is 40.5 Å². The van der Waals surface area contributed by atoms with Gasteiger partial charge in [-0.05, 0) is 24.7 Å². The Bertz CT molecular complexity index is 148. The predicted molar refractivity (Wildman–Crippen MR) is 86.8 cm³/mol. The van der Waals surface area contributed by atoms with E-state index in [4.69, 9.17) is 5.11 Å². The molecule has 2 nitrogen and oxygen atoms in total. The fourth-order valence-corrected chi connectivity index (χ4v) is 1.05. The predicted octanol–water partition coefficient (Wildman–Crippen LogP) is 4.51. The summed E-state index contributed by atoms with van der Waals surface area (Å²) in [4.78, 5) is 0. The number of hydrogen-bond acceptors (Lipinski definition) is 2. The molecular weight excluding hydrogens is 325 g/mol. The zero-order valence-corrected chi connectivity index (χ0v) is 17.9. The molecular formula is C17H38O2Y-2. The van der Waals surface area contributed by atoms with Gasteiger partial charge in [0.2, 0.25) is 0 Å². The average molecular weight is 363 g/mol. The summed E-state index contributed by atoms with van der Waals surface area (Å²) in [7, 11) is 0. The Kier molecular flexibility index (Phi) is 32.4. The standard InChI is InChI=1S/C9H20O.C5H11O.C3H7.Y/c1-7(2)5-6-9(10)8(3)4;1-5(2)3-4-6;1-3-2;/h7-10H,5-6H2,1-4H3;3,5-6H,4H2,1-2H3;3H,1-2H3;/q;2*-1;. The van der Waals surface area contributed by atoms with Crippen molar-refractivity contribution >= 4 is 0 Å². The van der Waals surface area contributed by atoms with Gasteiger partial charge in [-0.15, -0.1) is 0 Å². The van der Waals surface area contributed by atoms with Gasteiger partial charge in [-0.25, -0.2) is 0 Å². The van der Waals surface area contributed by atoms with Gasteiger partial charge in [0.1, 0.15) is 0 Å². The molecule has 0 amide bonds. The molecule has 0 heterocycles. The molecule has 20 heavy (non-hydrogen) atoms. The van der Waals surface area contributed by atoms with Gasteiger partial charge in [-0.1, -0.05) is 48.1 Å². The van der Waals surface area contributed by atoms with Gasteiger partial charge in [-0.2, -0.15) is 19.8 Å². The molecule has 0 spiro atoms. The molecule has 2 N–H and O–H groups in total. The summed E-state index contributed by atoms with van der Waals surface area (Å²) in [6, 6.07) is 0. The normalized spacial score (nSPS) is 11.2. The van der Waals surface area contributed by atoms with Crippen molar-refractivity contribution in [3.8, 4) is 0 Å². The second-order valence-electron chi connectivity index (χ2n) is 6.02. The first kappa shape index (κ1) is 29.1. The molecule has 1 radical (unpaired) electrons. The van der Waals surface area contributed by atoms with Gasteiger partial charge in [0.25, 0.3) is 0 Å². The maximum absolute atomic E-state index is 9.38. The van der Waals surface area contributed by atoms with Crippen LogP contribution in [0.1, 0.15) is 68.2 Å². The van der Waals surface area contributed by atoms with E-state index in [1.54, 1.807) is 0 Å². The Hall–Kier alpha value is 1.02. The van der Waals surface area contributed by atoms with Crippen molar-refractivity contribution in [1.29, 1.82) is 0 Å². The monoisotopic (exact) mass is 363 g/mol. The molecule has 0 aliphatic heterocycles. The Morgan fingerprint density at radius 2 is 1.30 bits per heavy atom. The van der Waals surface area contributed by atoms with Crippen LogP contribution in [0, 0.1) is 30.6 Å². The molecule has 1 atom stereocenters. The van der Waals surface area contributed by atoms with E-state index in [1.165, 1.54) is 0 Å². The van der Waals surface area contributed by atoms with E-state index in [9.17, 15) is 5.11 Å². The maximum atomic E-state index is 9.38. The van der Waals surface area contributed by atoms with Crippen molar-refractivity contribution in [2.45, 2.75) is 74.3 Å². The van der Waals surface area contributed by atoms with Crippen LogP contribution in [0.15, 0.2) is 0 Å². The van der Waals surface area contributed by atoms with Crippen molar-refractivity contribution in [3.05, 3.63) is 12.8 Å². The van der Waals surface area contributed by atoms with Crippen LogP contribution in [0.2, 0.25) is 0 Å². The molecule has 0 rings (SSSR count). The van der Waals surface area contributed by atoms with E-state index in [-0.39, 0.29) is 45.4 Å². The second-order valence-corrected chi connectivity index (χ2v) is 6.02. The van der Waals surface area contributed by atoms with Crippen molar-refractivity contribution in [1.82, 2.24) is 0 Å². The van der Waals surface area contributed by atoms with Gasteiger partial charge >= 0.3 is 0 Å². The first-order valence-electron chi connectivity index (χ1n) is 7.58. The number of aliphatic hydroxyl groups excluding tert-OH is 2. The zero-order valence-electron chi connectivity index (χ0n) is 15.1. The van der Waals surface area contributed by atoms with Crippen LogP contribution in [0.4, 0.5) is 0 Å². The maximum Gasteiger partial charge on any atom is 0.0563 e. The van der Waals surface area contributed by atoms with Crippen molar-refractivity contribution in [2.75, 3.05) is 6.61 Å². The molecule has 0 aromatic rings. The fraction of sp³-hybridized carbons (Fsp3) is 0.882. The topological polar surface area (TPSA) is 40.5 Å². The first-order valence-corrected chi connectivity index (χ1v) is 7.58. The van der Waals surface area contributed by atoms with E-state index < -0.39 is 0 Å². The third-order valence-electron chi connectivity index (χ3n) is 2.39. The Morgan fingerprint density at radius 3 is 1.45 bits per heavy atom. The molecule has 0 fully saturated rings. The summed E-state index contributed by atoms with van der Waals surface area (Å²) in [6.07, 6.45) is 5.84. The van der Waals surface area contributed by atoms with Crippen molar-refractivity contribution in [3.63, 3.8) is 0 Å². The molecule has 0 aromatic carbocycles. The summed E-state index contributed by atoms with van der Waals surface area (Å²) in [5.41, 5.74) is 0. The van der Waals surface area contributed by atoms with E-state index in [2.05, 4.69) is 27.7 Å². The van der Waals surface area contributed by atoms with Crippen molar-refractivity contribution < 1.29 is 42.9 Å². The van der Waals surface area contributed by atoms with Crippen LogP contribution in [-0.2, 0) is 32.7 Å². The molecule has 0 saturated heterocycles. The van der Waals surface area contributed by atoms with Gasteiger partial charge in [0.05, 0.1) is 6.10 Å². The zero-order chi connectivity index (χ0) is 15.8. The third kappa shape index (κ3) is 36.4. The smallest absolute Gasteiger partial charge is 0.0563 e. The van der Waals surface area contributed by atoms with Crippen LogP contribution in [0.25, 0.3) is 0 Å². The molecule has 3 heteroatoms. The molecule has 1 unspecified atom stereocenters. The van der Waals surface area contributed by atoms with E-state index in [0.717, 1.165) is 12.8 Å². The number of aliphatic hydroxyl groups is 2. The average Bonchev–Trinajstić information content (AvgIpc) is 2.27. The van der Waals surface area contributed by atoms with Crippen LogP contribution in [-0.4, -0.2) is 22.9 Å². The summed E-state index contributed by atoms with van der Waals surface area (Å²) < 4.78 is 0. The van der Waals surface area contributed by atoms with Crippen LogP contribution in [0.5, 0.6) is 0 Å². The Morgan fingerprint density at radius 1 is 0.900 bits per heavy atom. The summed E-state index contributed by atoms with van der Waals surface area (Å²) >= 11 is 0. The first-order chi connectivity index (χ1) is 8.72. The molecule has 0 bridgehead atoms. The summed E-state index contributed by atoms with van der Waals surface area (Å²) in [5.74, 6) is 1.65. The van der Waals surface area contributed by atoms with Gasteiger partial charge in [0.15, 0.2) is 0 Å². The summed E-state index contributed by atoms with van der Waals surface area (Å²) in [5, 5.41) is 17.6. The summed E-state index contributed by atoms with van der Waals surface area (Å²) in [6.45, 7) is 16.8. The number of rotatable bonds is 6. The Balaban J connectivity index is -0.000000110. The molecule has 0 aromatic heterocycles. The van der Waals surface area contributed by atoms with Crippen LogP contribution in [0.3, 0.4) is 0 Å². The Labute approximate surface area is 154 Å². The second kappa shape index (κ2) is 22.3. The van der Waals surface area contributed by atoms with Crippen molar-refractivity contribution in [2.24, 2.45) is 17.8 Å². The molecule has 0 saturated carbocycles. The van der Waals surface area contributed by atoms with E-state index >= 15 is 0 Å². The van der Waals surface area contributed by atoms with Crippen LogP contribution < -0.4 is 0 Å². The fourth-order valence-electron chi connectivity index (χ4n) is 1.05. The van der Waals surface area contributed by atoms with Gasteiger partial charge in [0, 0.05) is 32.7 Å². The molecule has 0 aliphatic rings. The van der Waals surface area contributed by atoms with Gasteiger partial charge < -0.3 is 23.1 Å². The largest absolute Gasteiger partial charge is 0.428 e. The van der Waals surface area contributed by atoms with E-state index in [0.29, 0.717) is 17.8 Å². The minimum absolute atomic E-state index is 0. The number of hydrogen-bond donors (Lipinski definition) is 2. The van der Waals surface area contributed by atoms with Gasteiger partial charge in [-0.3, -0.25) is 0 Å². The minimum Gasteiger partial charge on any atom is -0.428 e. The minimum atomic E-state index is -0.0950. The quantitative estimate of drug-likeness (QED) is 0.682. The molecule has 123 valence electrons. The molecule has 0 aliphatic carbocycles. The SMILES string of the molecule is CC(C)CCC(O)C(C)C.CC(C)[CH-]CO.C[CH-]C.[Y]. The van der Waals surface area contributed by atoms with Crippen LogP contribution >= 0.6 is 0 Å².